The summed E-state index contributed by atoms with van der Waals surface area (Å²) in [7, 11) is 0. The van der Waals surface area contributed by atoms with Gasteiger partial charge in [0.05, 0.1) is 16.8 Å². The number of carbonyl (C=O) groups excluding carboxylic acids is 3. The maximum atomic E-state index is 13.5. The van der Waals surface area contributed by atoms with Crippen molar-refractivity contribution < 1.29 is 19.1 Å². The third-order valence-corrected chi connectivity index (χ3v) is 7.71. The molecule has 6 rings (SSSR count). The molecule has 2 N–H and O–H groups in total. The minimum atomic E-state index is -0.548. The highest BCUT2D eigenvalue weighted by molar-refractivity contribution is 6.07. The molecule has 7 nitrogen and oxygen atoms in total. The normalized spacial score (nSPS) is 20.1. The number of rotatable bonds is 3. The molecule has 0 radical (unpaired) electrons. The van der Waals surface area contributed by atoms with Gasteiger partial charge in [0.25, 0.3) is 11.8 Å². The molecule has 2 aliphatic heterocycles. The molecule has 3 heterocycles. The van der Waals surface area contributed by atoms with Gasteiger partial charge in [-0.2, -0.15) is 0 Å². The first-order valence-corrected chi connectivity index (χ1v) is 12.6. The maximum Gasteiger partial charge on any atom is 0.265 e. The molecule has 1 fully saturated rings. The van der Waals surface area contributed by atoms with E-state index in [0.29, 0.717) is 42.9 Å². The number of aromatic amines is 1. The number of ketones is 1. The summed E-state index contributed by atoms with van der Waals surface area (Å²) >= 11 is 0. The van der Waals surface area contributed by atoms with Crippen LogP contribution in [-0.2, 0) is 17.6 Å². The number of fused-ring (bicyclic) bond motifs is 4. The number of ether oxygens (including phenoxy) is 1. The zero-order valence-electron chi connectivity index (χ0n) is 19.9. The maximum absolute atomic E-state index is 13.5. The number of piperidine rings is 1. The van der Waals surface area contributed by atoms with Gasteiger partial charge in [-0.1, -0.05) is 12.1 Å². The Bertz CT molecular complexity index is 1350. The van der Waals surface area contributed by atoms with E-state index in [-0.39, 0.29) is 23.5 Å². The number of carbonyl (C=O) groups is 3. The average molecular weight is 472 g/mol. The average Bonchev–Trinajstić information content (AvgIpc) is 3.27. The molecule has 3 aromatic rings. The summed E-state index contributed by atoms with van der Waals surface area (Å²) in [5, 5.41) is 3.98. The van der Waals surface area contributed by atoms with Crippen LogP contribution in [0.3, 0.4) is 0 Å². The molecule has 0 saturated carbocycles. The number of Topliss-reactive ketones (excluding diaryl/α,β-unsaturated/α-hetero) is 1. The lowest BCUT2D eigenvalue weighted by molar-refractivity contribution is -0.122. The van der Waals surface area contributed by atoms with Crippen molar-refractivity contribution in [3.63, 3.8) is 0 Å². The summed E-state index contributed by atoms with van der Waals surface area (Å²) in [6, 6.07) is 11.2. The van der Waals surface area contributed by atoms with E-state index >= 15 is 0 Å². The second-order valence-electron chi connectivity index (χ2n) is 9.91. The topological polar surface area (TPSA) is 91.5 Å². The van der Waals surface area contributed by atoms with Gasteiger partial charge in [0.15, 0.2) is 11.9 Å². The quantitative estimate of drug-likeness (QED) is 0.550. The number of hydrogen-bond acceptors (Lipinski definition) is 4. The number of aryl methyl sites for hydroxylation is 2. The number of H-pyrrole nitrogens is 1. The molecule has 1 unspecified atom stereocenters. The summed E-state index contributed by atoms with van der Waals surface area (Å²) in [5.41, 5.74) is 5.42. The number of likely N-dealkylation sites (tertiary alicyclic amines) is 1. The van der Waals surface area contributed by atoms with Crippen molar-refractivity contribution in [1.29, 1.82) is 0 Å². The van der Waals surface area contributed by atoms with E-state index in [0.717, 1.165) is 23.9 Å². The van der Waals surface area contributed by atoms with Gasteiger partial charge < -0.3 is 19.9 Å². The minimum Gasteiger partial charge on any atom is -0.479 e. The Morgan fingerprint density at radius 3 is 2.69 bits per heavy atom. The lowest BCUT2D eigenvalue weighted by Gasteiger charge is -2.31. The molecule has 7 heteroatoms. The van der Waals surface area contributed by atoms with Crippen LogP contribution in [0.2, 0.25) is 0 Å². The Labute approximate surface area is 203 Å². The Hall–Kier alpha value is -3.61. The molecule has 180 valence electrons. The van der Waals surface area contributed by atoms with Gasteiger partial charge in [0, 0.05) is 35.7 Å². The van der Waals surface area contributed by atoms with Crippen LogP contribution in [0.4, 0.5) is 5.69 Å². The summed E-state index contributed by atoms with van der Waals surface area (Å²) in [6.07, 6.45) is 5.20. The van der Waals surface area contributed by atoms with E-state index in [1.54, 1.807) is 25.1 Å². The minimum absolute atomic E-state index is 0.0304. The fourth-order valence-corrected chi connectivity index (χ4v) is 5.72. The monoisotopic (exact) mass is 471 g/mol. The van der Waals surface area contributed by atoms with Gasteiger partial charge in [-0.3, -0.25) is 14.4 Å². The lowest BCUT2D eigenvalue weighted by atomic mass is 9.88. The van der Waals surface area contributed by atoms with Gasteiger partial charge in [-0.15, -0.1) is 0 Å². The van der Waals surface area contributed by atoms with Crippen LogP contribution in [0.1, 0.15) is 64.6 Å². The second-order valence-corrected chi connectivity index (χ2v) is 9.91. The fraction of sp³-hybridized carbons (Fsp3) is 0.393. The molecule has 0 spiro atoms. The molecule has 3 aliphatic rings. The van der Waals surface area contributed by atoms with Crippen molar-refractivity contribution in [2.45, 2.75) is 51.6 Å². The van der Waals surface area contributed by atoms with E-state index in [9.17, 15) is 14.4 Å². The Morgan fingerprint density at radius 2 is 1.86 bits per heavy atom. The summed E-state index contributed by atoms with van der Waals surface area (Å²) < 4.78 is 5.59. The van der Waals surface area contributed by atoms with Gasteiger partial charge >= 0.3 is 0 Å². The van der Waals surface area contributed by atoms with Crippen molar-refractivity contribution in [3.8, 4) is 5.75 Å². The lowest BCUT2D eigenvalue weighted by Crippen LogP contribution is -2.40. The highest BCUT2D eigenvalue weighted by Crippen LogP contribution is 2.34. The molecule has 2 aromatic carbocycles. The smallest absolute Gasteiger partial charge is 0.265 e. The zero-order valence-corrected chi connectivity index (χ0v) is 19.9. The summed E-state index contributed by atoms with van der Waals surface area (Å²) in [4.78, 5) is 44.0. The zero-order chi connectivity index (χ0) is 24.1. The molecular weight excluding hydrogens is 442 g/mol. The Morgan fingerprint density at radius 1 is 1.06 bits per heavy atom. The number of anilines is 1. The number of hydrogen-bond donors (Lipinski definition) is 2. The van der Waals surface area contributed by atoms with Gasteiger partial charge in [0.1, 0.15) is 5.75 Å². The van der Waals surface area contributed by atoms with E-state index in [2.05, 4.69) is 16.4 Å². The van der Waals surface area contributed by atoms with Crippen LogP contribution >= 0.6 is 0 Å². The summed E-state index contributed by atoms with van der Waals surface area (Å²) in [5.74, 6) is 0.292. The molecule has 35 heavy (non-hydrogen) atoms. The third kappa shape index (κ3) is 3.79. The van der Waals surface area contributed by atoms with Crippen molar-refractivity contribution in [2.75, 3.05) is 18.4 Å². The molecule has 0 bridgehead atoms. The predicted molar refractivity (Wildman–Crippen MR) is 133 cm³/mol. The third-order valence-electron chi connectivity index (χ3n) is 7.71. The van der Waals surface area contributed by atoms with Crippen molar-refractivity contribution >= 4 is 34.2 Å². The van der Waals surface area contributed by atoms with Gasteiger partial charge in [0.2, 0.25) is 0 Å². The number of para-hydroxylation sites is 1. The van der Waals surface area contributed by atoms with E-state index in [1.807, 2.05) is 17.0 Å². The second kappa shape index (κ2) is 8.56. The number of nitrogens with zero attached hydrogens (tertiary/aromatic N) is 1. The number of benzene rings is 2. The number of aromatic nitrogens is 1. The van der Waals surface area contributed by atoms with Crippen LogP contribution in [0.25, 0.3) is 10.9 Å². The standard InChI is InChI=1S/C28H29N3O4/c1-16-27(33)30-23-15-18(9-10-24(23)35-16)26(32)17-11-13-31(14-12-17)28(34)21-7-4-6-20-19-5-2-3-8-22(19)29-25(20)21/h4,6-7,9-10,15-17,29H,2-3,5,8,11-14H2,1H3,(H,30,33). The fourth-order valence-electron chi connectivity index (χ4n) is 5.72. The van der Waals surface area contributed by atoms with E-state index in [1.165, 1.54) is 29.5 Å². The molecule has 1 aromatic heterocycles. The molecule has 1 atom stereocenters. The van der Waals surface area contributed by atoms with Crippen LogP contribution in [0, 0.1) is 5.92 Å². The predicted octanol–water partition coefficient (Wildman–Crippen LogP) is 4.50. The van der Waals surface area contributed by atoms with Gasteiger partial charge in [-0.25, -0.2) is 0 Å². The SMILES string of the molecule is CC1Oc2ccc(C(=O)C3CCN(C(=O)c4cccc5c6c([nH]c45)CCCC6)CC3)cc2NC1=O. The highest BCUT2D eigenvalue weighted by Gasteiger charge is 2.31. The van der Waals surface area contributed by atoms with Crippen LogP contribution in [-0.4, -0.2) is 46.7 Å². The van der Waals surface area contributed by atoms with Crippen LogP contribution in [0.15, 0.2) is 36.4 Å². The van der Waals surface area contributed by atoms with Gasteiger partial charge in [-0.05, 0) is 75.3 Å². The highest BCUT2D eigenvalue weighted by atomic mass is 16.5. The first-order valence-electron chi connectivity index (χ1n) is 12.6. The molecular formula is C28H29N3O4. The molecule has 2 amide bonds. The number of nitrogens with one attached hydrogen (secondary N) is 2. The Balaban J connectivity index is 1.16. The van der Waals surface area contributed by atoms with Crippen LogP contribution < -0.4 is 10.1 Å². The summed E-state index contributed by atoms with van der Waals surface area (Å²) in [6.45, 7) is 2.79. The van der Waals surface area contributed by atoms with Crippen molar-refractivity contribution in [1.82, 2.24) is 9.88 Å². The largest absolute Gasteiger partial charge is 0.479 e. The molecule has 1 saturated heterocycles. The van der Waals surface area contributed by atoms with E-state index in [4.69, 9.17) is 4.74 Å². The van der Waals surface area contributed by atoms with Crippen LogP contribution in [0.5, 0.6) is 5.75 Å². The Kier molecular flexibility index (Phi) is 5.35. The first kappa shape index (κ1) is 21.9. The van der Waals surface area contributed by atoms with Crippen molar-refractivity contribution in [3.05, 3.63) is 58.8 Å². The van der Waals surface area contributed by atoms with E-state index < -0.39 is 6.10 Å². The van der Waals surface area contributed by atoms with Crippen molar-refractivity contribution in [2.24, 2.45) is 5.92 Å². The first-order chi connectivity index (χ1) is 17.0. The number of amides is 2. The molecule has 1 aliphatic carbocycles.